The van der Waals surface area contributed by atoms with Gasteiger partial charge in [-0.1, -0.05) is 44.2 Å². The van der Waals surface area contributed by atoms with Crippen LogP contribution in [0.2, 0.25) is 0 Å². The van der Waals surface area contributed by atoms with Crippen molar-refractivity contribution in [1.29, 1.82) is 0 Å². The first-order valence-corrected chi connectivity index (χ1v) is 8.35. The van der Waals surface area contributed by atoms with Crippen LogP contribution in [0.5, 0.6) is 0 Å². The largest absolute Gasteiger partial charge is 0.324 e. The molecule has 21 heavy (non-hydrogen) atoms. The van der Waals surface area contributed by atoms with Crippen molar-refractivity contribution in [3.63, 3.8) is 0 Å². The van der Waals surface area contributed by atoms with Crippen molar-refractivity contribution >= 4 is 0 Å². The molecular weight excluding hydrogens is 258 g/mol. The van der Waals surface area contributed by atoms with E-state index in [1.54, 1.807) is 0 Å². The normalized spacial score (nSPS) is 20.6. The molecular formula is C18H31N3. The molecule has 1 saturated heterocycles. The molecule has 0 spiro atoms. The van der Waals surface area contributed by atoms with Gasteiger partial charge in [0.1, 0.15) is 0 Å². The van der Waals surface area contributed by atoms with Gasteiger partial charge in [0.05, 0.1) is 0 Å². The minimum absolute atomic E-state index is 0.129. The molecule has 0 aliphatic carbocycles. The monoisotopic (exact) mass is 289 g/mol. The first-order chi connectivity index (χ1) is 10.1. The van der Waals surface area contributed by atoms with Crippen molar-refractivity contribution in [1.82, 2.24) is 9.80 Å². The Hall–Kier alpha value is -0.900. The van der Waals surface area contributed by atoms with Gasteiger partial charge in [-0.25, -0.2) is 0 Å². The second-order valence-electron chi connectivity index (χ2n) is 6.52. The Kier molecular flexibility index (Phi) is 6.22. The molecule has 2 atom stereocenters. The van der Waals surface area contributed by atoms with E-state index in [4.69, 9.17) is 5.73 Å². The van der Waals surface area contributed by atoms with E-state index in [2.05, 4.69) is 61.0 Å². The van der Waals surface area contributed by atoms with Gasteiger partial charge in [-0.05, 0) is 51.0 Å². The van der Waals surface area contributed by atoms with Gasteiger partial charge in [0, 0.05) is 18.6 Å². The second-order valence-corrected chi connectivity index (χ2v) is 6.52. The van der Waals surface area contributed by atoms with Crippen molar-refractivity contribution in [2.75, 3.05) is 33.2 Å². The number of nitrogens with zero attached hydrogens (tertiary/aromatic N) is 2. The average Bonchev–Trinajstić information content (AvgIpc) is 2.55. The molecule has 0 saturated carbocycles. The molecule has 1 aromatic carbocycles. The van der Waals surface area contributed by atoms with Crippen molar-refractivity contribution in [3.8, 4) is 0 Å². The number of nitrogens with two attached hydrogens (primary N) is 1. The van der Waals surface area contributed by atoms with Crippen LogP contribution in [0.4, 0.5) is 0 Å². The van der Waals surface area contributed by atoms with E-state index in [-0.39, 0.29) is 6.04 Å². The molecule has 1 aromatic rings. The summed E-state index contributed by atoms with van der Waals surface area (Å²) in [7, 11) is 2.26. The van der Waals surface area contributed by atoms with Crippen LogP contribution in [0.3, 0.4) is 0 Å². The lowest BCUT2D eigenvalue weighted by Gasteiger charge is -2.38. The van der Waals surface area contributed by atoms with Crippen LogP contribution in [0, 0.1) is 5.92 Å². The van der Waals surface area contributed by atoms with Crippen molar-refractivity contribution in [3.05, 3.63) is 35.9 Å². The van der Waals surface area contributed by atoms with Gasteiger partial charge in [-0.15, -0.1) is 0 Å². The Labute approximate surface area is 130 Å². The third-order valence-corrected chi connectivity index (χ3v) is 5.00. The predicted octanol–water partition coefficient (Wildman–Crippen LogP) is 2.74. The Morgan fingerprint density at radius 1 is 1.24 bits per heavy atom. The highest BCUT2D eigenvalue weighted by Crippen LogP contribution is 2.22. The summed E-state index contributed by atoms with van der Waals surface area (Å²) in [6.45, 7) is 9.27. The minimum Gasteiger partial charge on any atom is -0.324 e. The zero-order valence-electron chi connectivity index (χ0n) is 13.8. The zero-order chi connectivity index (χ0) is 15.2. The third kappa shape index (κ3) is 4.53. The molecule has 1 fully saturated rings. The van der Waals surface area contributed by atoms with Crippen LogP contribution in [-0.2, 0) is 0 Å². The van der Waals surface area contributed by atoms with Gasteiger partial charge in [-0.3, -0.25) is 0 Å². The maximum absolute atomic E-state index is 6.43. The van der Waals surface area contributed by atoms with Crippen molar-refractivity contribution < 1.29 is 0 Å². The molecule has 0 radical (unpaired) electrons. The Morgan fingerprint density at radius 2 is 1.86 bits per heavy atom. The van der Waals surface area contributed by atoms with Crippen LogP contribution >= 0.6 is 0 Å². The van der Waals surface area contributed by atoms with E-state index in [9.17, 15) is 0 Å². The lowest BCUT2D eigenvalue weighted by atomic mass is 9.94. The molecule has 2 N–H and O–H groups in total. The van der Waals surface area contributed by atoms with Gasteiger partial charge in [0.15, 0.2) is 0 Å². The first kappa shape index (κ1) is 16.5. The molecule has 1 aliphatic rings. The molecule has 3 nitrogen and oxygen atoms in total. The zero-order valence-corrected chi connectivity index (χ0v) is 13.8. The summed E-state index contributed by atoms with van der Waals surface area (Å²) in [4.78, 5) is 5.07. The summed E-state index contributed by atoms with van der Waals surface area (Å²) < 4.78 is 0. The number of hydrogen-bond acceptors (Lipinski definition) is 3. The van der Waals surface area contributed by atoms with E-state index in [0.717, 1.165) is 12.6 Å². The standard InChI is InChI=1S/C18H31N3/c1-4-21-12-10-17(11-13-21)20(3)14-15(2)18(19)16-8-6-5-7-9-16/h5-9,15,17-18H,4,10-14,19H2,1-3H3. The number of likely N-dealkylation sites (tertiary alicyclic amines) is 1. The summed E-state index contributed by atoms with van der Waals surface area (Å²) in [5.41, 5.74) is 7.67. The second kappa shape index (κ2) is 7.92. The highest BCUT2D eigenvalue weighted by atomic mass is 15.2. The topological polar surface area (TPSA) is 32.5 Å². The Bertz CT molecular complexity index is 398. The maximum atomic E-state index is 6.43. The maximum Gasteiger partial charge on any atom is 0.0333 e. The van der Waals surface area contributed by atoms with Gasteiger partial charge in [0.2, 0.25) is 0 Å². The fraction of sp³-hybridized carbons (Fsp3) is 0.667. The van der Waals surface area contributed by atoms with E-state index < -0.39 is 0 Å². The predicted molar refractivity (Wildman–Crippen MR) is 90.3 cm³/mol. The average molecular weight is 289 g/mol. The van der Waals surface area contributed by atoms with Gasteiger partial charge in [-0.2, -0.15) is 0 Å². The molecule has 0 bridgehead atoms. The SMILES string of the molecule is CCN1CCC(N(C)CC(C)C(N)c2ccccc2)CC1. The summed E-state index contributed by atoms with van der Waals surface area (Å²) in [6, 6.07) is 11.3. The van der Waals surface area contributed by atoms with Crippen molar-refractivity contribution in [2.24, 2.45) is 11.7 Å². The van der Waals surface area contributed by atoms with E-state index in [0.29, 0.717) is 5.92 Å². The number of hydrogen-bond donors (Lipinski definition) is 1. The molecule has 0 aromatic heterocycles. The lowest BCUT2D eigenvalue weighted by molar-refractivity contribution is 0.117. The van der Waals surface area contributed by atoms with Gasteiger partial charge in [0.25, 0.3) is 0 Å². The Morgan fingerprint density at radius 3 is 2.43 bits per heavy atom. The summed E-state index contributed by atoms with van der Waals surface area (Å²) in [5, 5.41) is 0. The highest BCUT2D eigenvalue weighted by molar-refractivity contribution is 5.19. The molecule has 118 valence electrons. The van der Waals surface area contributed by atoms with Crippen LogP contribution in [-0.4, -0.2) is 49.1 Å². The quantitative estimate of drug-likeness (QED) is 0.874. The number of rotatable bonds is 6. The fourth-order valence-electron chi connectivity index (χ4n) is 3.40. The van der Waals surface area contributed by atoms with Gasteiger partial charge < -0.3 is 15.5 Å². The third-order valence-electron chi connectivity index (χ3n) is 5.00. The molecule has 3 heteroatoms. The van der Waals surface area contributed by atoms with E-state index in [1.807, 2.05) is 0 Å². The molecule has 2 unspecified atom stereocenters. The molecule has 1 heterocycles. The lowest BCUT2D eigenvalue weighted by Crippen LogP contribution is -2.45. The molecule has 0 amide bonds. The van der Waals surface area contributed by atoms with E-state index >= 15 is 0 Å². The fourth-order valence-corrected chi connectivity index (χ4v) is 3.40. The smallest absolute Gasteiger partial charge is 0.0333 e. The first-order valence-electron chi connectivity index (χ1n) is 8.35. The Balaban J connectivity index is 1.83. The van der Waals surface area contributed by atoms with Crippen LogP contribution in [0.15, 0.2) is 30.3 Å². The van der Waals surface area contributed by atoms with Crippen LogP contribution < -0.4 is 5.73 Å². The van der Waals surface area contributed by atoms with E-state index in [1.165, 1.54) is 38.0 Å². The number of piperidine rings is 1. The van der Waals surface area contributed by atoms with Crippen molar-refractivity contribution in [2.45, 2.75) is 38.8 Å². The summed E-state index contributed by atoms with van der Waals surface area (Å²) >= 11 is 0. The van der Waals surface area contributed by atoms with Gasteiger partial charge >= 0.3 is 0 Å². The molecule has 1 aliphatic heterocycles. The van der Waals surface area contributed by atoms with Crippen LogP contribution in [0.1, 0.15) is 38.3 Å². The summed E-state index contributed by atoms with van der Waals surface area (Å²) in [6.07, 6.45) is 2.58. The highest BCUT2D eigenvalue weighted by Gasteiger charge is 2.24. The minimum atomic E-state index is 0.129. The number of benzene rings is 1. The summed E-state index contributed by atoms with van der Waals surface area (Å²) in [5.74, 6) is 0.474. The molecule has 2 rings (SSSR count). The van der Waals surface area contributed by atoms with Crippen LogP contribution in [0.25, 0.3) is 0 Å².